The maximum Gasteiger partial charge on any atom is 0.300 e. The number of rotatable bonds is 0. The molecule has 9 nitrogen and oxygen atoms in total. The van der Waals surface area contributed by atoms with Crippen LogP contribution < -0.4 is 0 Å². The molecule has 97 valence electrons. The SMILES string of the molecule is CC(=O)O.CC(=O)O.CC(=O)O.O.O.O.[Na]. The van der Waals surface area contributed by atoms with E-state index in [-0.39, 0.29) is 46.0 Å². The molecular formula is C6H18NaO9. The van der Waals surface area contributed by atoms with E-state index in [0.717, 1.165) is 20.8 Å². The van der Waals surface area contributed by atoms with Crippen LogP contribution in [0.4, 0.5) is 0 Å². The standard InChI is InChI=1S/3C2H4O2.Na.3H2O/c3*1-2(3)4;;;;/h3*1H3,(H,3,4);;3*1H2. The van der Waals surface area contributed by atoms with Gasteiger partial charge in [-0.3, -0.25) is 14.4 Å². The van der Waals surface area contributed by atoms with Crippen LogP contribution in [0.2, 0.25) is 0 Å². The fourth-order valence-electron chi connectivity index (χ4n) is 0. The Kier molecular flexibility index (Phi) is 104. The first kappa shape index (κ1) is 45.4. The van der Waals surface area contributed by atoms with E-state index in [0.29, 0.717) is 0 Å². The molecule has 0 aromatic heterocycles. The second-order valence-corrected chi connectivity index (χ2v) is 1.56. The predicted molar refractivity (Wildman–Crippen MR) is 56.5 cm³/mol. The van der Waals surface area contributed by atoms with E-state index in [1.165, 1.54) is 0 Å². The molecule has 0 unspecified atom stereocenters. The summed E-state index contributed by atoms with van der Waals surface area (Å²) >= 11 is 0. The van der Waals surface area contributed by atoms with Gasteiger partial charge in [0.15, 0.2) is 0 Å². The van der Waals surface area contributed by atoms with Gasteiger partial charge in [0.1, 0.15) is 0 Å². The average molecular weight is 257 g/mol. The van der Waals surface area contributed by atoms with Gasteiger partial charge in [0, 0.05) is 50.3 Å². The zero-order valence-corrected chi connectivity index (χ0v) is 11.6. The van der Waals surface area contributed by atoms with Crippen molar-refractivity contribution in [2.45, 2.75) is 20.8 Å². The number of carboxylic acids is 3. The fraction of sp³-hybridized carbons (Fsp3) is 0.500. The van der Waals surface area contributed by atoms with E-state index in [1.807, 2.05) is 0 Å². The molecule has 0 aliphatic heterocycles. The van der Waals surface area contributed by atoms with Gasteiger partial charge in [0.25, 0.3) is 17.9 Å². The largest absolute Gasteiger partial charge is 0.481 e. The Bertz CT molecular complexity index is 118. The Morgan fingerprint density at radius 2 is 0.625 bits per heavy atom. The van der Waals surface area contributed by atoms with Crippen LogP contribution in [0.5, 0.6) is 0 Å². The summed E-state index contributed by atoms with van der Waals surface area (Å²) < 4.78 is 0. The summed E-state index contributed by atoms with van der Waals surface area (Å²) in [7, 11) is 0. The molecule has 0 bridgehead atoms. The van der Waals surface area contributed by atoms with Gasteiger partial charge >= 0.3 is 0 Å². The minimum Gasteiger partial charge on any atom is -0.481 e. The zero-order chi connectivity index (χ0) is 10.7. The molecule has 0 aliphatic carbocycles. The summed E-state index contributed by atoms with van der Waals surface area (Å²) in [6.07, 6.45) is 0. The summed E-state index contributed by atoms with van der Waals surface area (Å²) in [5, 5.41) is 22.2. The number of hydrogen-bond acceptors (Lipinski definition) is 3. The third kappa shape index (κ3) is 3980. The molecule has 10 heteroatoms. The Hall–Kier alpha value is -0.710. The van der Waals surface area contributed by atoms with Gasteiger partial charge < -0.3 is 31.7 Å². The first-order valence-corrected chi connectivity index (χ1v) is 2.78. The molecule has 0 amide bonds. The third-order valence-electron chi connectivity index (χ3n) is 0. The summed E-state index contributed by atoms with van der Waals surface area (Å²) in [6.45, 7) is 3.25. The number of carboxylic acid groups (broad SMARTS) is 3. The molecule has 0 aromatic carbocycles. The maximum absolute atomic E-state index is 9.00. The molecule has 0 aromatic rings. The summed E-state index contributed by atoms with van der Waals surface area (Å²) in [6, 6.07) is 0. The fourth-order valence-corrected chi connectivity index (χ4v) is 0. The van der Waals surface area contributed by atoms with E-state index < -0.39 is 17.9 Å². The smallest absolute Gasteiger partial charge is 0.300 e. The Morgan fingerprint density at radius 3 is 0.625 bits per heavy atom. The van der Waals surface area contributed by atoms with Crippen LogP contribution in [-0.4, -0.2) is 79.2 Å². The van der Waals surface area contributed by atoms with Crippen molar-refractivity contribution in [2.75, 3.05) is 0 Å². The van der Waals surface area contributed by atoms with Crippen LogP contribution in [0.1, 0.15) is 20.8 Å². The quantitative estimate of drug-likeness (QED) is 0.396. The molecule has 0 saturated heterocycles. The predicted octanol–water partition coefficient (Wildman–Crippen LogP) is -2.58. The van der Waals surface area contributed by atoms with E-state index in [1.54, 1.807) is 0 Å². The molecule has 0 fully saturated rings. The van der Waals surface area contributed by atoms with Crippen LogP contribution in [-0.2, 0) is 14.4 Å². The van der Waals surface area contributed by atoms with Crippen molar-refractivity contribution in [3.63, 3.8) is 0 Å². The molecule has 0 spiro atoms. The van der Waals surface area contributed by atoms with Crippen LogP contribution >= 0.6 is 0 Å². The molecule has 1 radical (unpaired) electrons. The minimum atomic E-state index is -0.833. The van der Waals surface area contributed by atoms with E-state index >= 15 is 0 Å². The molecular weight excluding hydrogens is 239 g/mol. The van der Waals surface area contributed by atoms with Crippen molar-refractivity contribution in [3.8, 4) is 0 Å². The second kappa shape index (κ2) is 36.7. The van der Waals surface area contributed by atoms with Gasteiger partial charge in [-0.2, -0.15) is 0 Å². The van der Waals surface area contributed by atoms with E-state index in [4.69, 9.17) is 29.7 Å². The van der Waals surface area contributed by atoms with Crippen molar-refractivity contribution < 1.29 is 46.1 Å². The molecule has 0 rings (SSSR count). The van der Waals surface area contributed by atoms with Crippen LogP contribution in [0, 0.1) is 0 Å². The van der Waals surface area contributed by atoms with Crippen molar-refractivity contribution >= 4 is 47.5 Å². The van der Waals surface area contributed by atoms with Crippen molar-refractivity contribution in [2.24, 2.45) is 0 Å². The summed E-state index contributed by atoms with van der Waals surface area (Å²) in [4.78, 5) is 27.0. The van der Waals surface area contributed by atoms with Gasteiger partial charge in [-0.1, -0.05) is 0 Å². The number of aliphatic carboxylic acids is 3. The first-order valence-electron chi connectivity index (χ1n) is 2.78. The van der Waals surface area contributed by atoms with Gasteiger partial charge in [-0.15, -0.1) is 0 Å². The molecule has 0 atom stereocenters. The van der Waals surface area contributed by atoms with E-state index in [9.17, 15) is 0 Å². The normalized spacial score (nSPS) is 4.69. The maximum atomic E-state index is 9.00. The monoisotopic (exact) mass is 257 g/mol. The van der Waals surface area contributed by atoms with Crippen molar-refractivity contribution in [1.82, 2.24) is 0 Å². The number of hydrogen-bond donors (Lipinski definition) is 3. The molecule has 0 aliphatic rings. The van der Waals surface area contributed by atoms with Gasteiger partial charge in [0.05, 0.1) is 0 Å². The van der Waals surface area contributed by atoms with Gasteiger partial charge in [-0.25, -0.2) is 0 Å². The third-order valence-corrected chi connectivity index (χ3v) is 0. The molecule has 16 heavy (non-hydrogen) atoms. The van der Waals surface area contributed by atoms with Crippen LogP contribution in [0.25, 0.3) is 0 Å². The van der Waals surface area contributed by atoms with E-state index in [2.05, 4.69) is 0 Å². The molecule has 0 heterocycles. The topological polar surface area (TPSA) is 206 Å². The van der Waals surface area contributed by atoms with Crippen molar-refractivity contribution in [1.29, 1.82) is 0 Å². The molecule has 0 saturated carbocycles. The molecule has 9 N–H and O–H groups in total. The Balaban J connectivity index is -0.0000000135. The Morgan fingerprint density at radius 1 is 0.625 bits per heavy atom. The van der Waals surface area contributed by atoms with Gasteiger partial charge in [-0.05, 0) is 0 Å². The first-order chi connectivity index (χ1) is 5.20. The zero-order valence-electron chi connectivity index (χ0n) is 9.57. The average Bonchev–Trinajstić information content (AvgIpc) is 1.54. The Labute approximate surface area is 114 Å². The summed E-state index contributed by atoms with van der Waals surface area (Å²) in [5.41, 5.74) is 0. The minimum absolute atomic E-state index is 0. The summed E-state index contributed by atoms with van der Waals surface area (Å²) in [5.74, 6) is -2.50. The van der Waals surface area contributed by atoms with Crippen molar-refractivity contribution in [3.05, 3.63) is 0 Å². The van der Waals surface area contributed by atoms with Crippen LogP contribution in [0.15, 0.2) is 0 Å². The number of carbonyl (C=O) groups is 3. The second-order valence-electron chi connectivity index (χ2n) is 1.56. The van der Waals surface area contributed by atoms with Gasteiger partial charge in [0.2, 0.25) is 0 Å². The van der Waals surface area contributed by atoms with Crippen LogP contribution in [0.3, 0.4) is 0 Å².